The van der Waals surface area contributed by atoms with Gasteiger partial charge in [-0.2, -0.15) is 0 Å². The molecule has 20 heavy (non-hydrogen) atoms. The van der Waals surface area contributed by atoms with E-state index in [0.29, 0.717) is 0 Å². The van der Waals surface area contributed by atoms with Gasteiger partial charge in [-0.15, -0.1) is 0 Å². The van der Waals surface area contributed by atoms with Crippen LogP contribution in [0.3, 0.4) is 0 Å². The maximum absolute atomic E-state index is 12.0. The van der Waals surface area contributed by atoms with E-state index in [4.69, 9.17) is 5.73 Å². The molecule has 0 rings (SSSR count). The standard InChI is InChI=1S/C18H37NO/c1-4-7-10-11-12-13-16-18(17(19)20,14-8-5-2)15-9-6-3/h4-16H2,1-3H3,(H2,19,20). The number of nitrogens with two attached hydrogens (primary N) is 1. The molecule has 0 heterocycles. The van der Waals surface area contributed by atoms with Gasteiger partial charge in [-0.3, -0.25) is 4.79 Å². The largest absolute Gasteiger partial charge is 0.369 e. The van der Waals surface area contributed by atoms with Crippen molar-refractivity contribution in [2.75, 3.05) is 0 Å². The van der Waals surface area contributed by atoms with Crippen LogP contribution in [0.1, 0.15) is 104 Å². The zero-order chi connectivity index (χ0) is 15.3. The van der Waals surface area contributed by atoms with Crippen LogP contribution in [0.2, 0.25) is 0 Å². The molecule has 0 aromatic heterocycles. The molecule has 0 saturated heterocycles. The summed E-state index contributed by atoms with van der Waals surface area (Å²) < 4.78 is 0. The molecule has 2 heteroatoms. The molecular weight excluding hydrogens is 246 g/mol. The Morgan fingerprint density at radius 2 is 1.10 bits per heavy atom. The topological polar surface area (TPSA) is 43.1 Å². The van der Waals surface area contributed by atoms with Crippen molar-refractivity contribution in [1.82, 2.24) is 0 Å². The highest BCUT2D eigenvalue weighted by Gasteiger charge is 2.34. The smallest absolute Gasteiger partial charge is 0.223 e. The minimum absolute atomic E-state index is 0.0482. The molecule has 0 fully saturated rings. The van der Waals surface area contributed by atoms with Crippen molar-refractivity contribution in [2.45, 2.75) is 104 Å². The van der Waals surface area contributed by atoms with E-state index in [-0.39, 0.29) is 11.3 Å². The van der Waals surface area contributed by atoms with E-state index in [0.717, 1.165) is 44.9 Å². The second kappa shape index (κ2) is 12.2. The SMILES string of the molecule is CCCCCCCCC(CCCC)(CCCC)C(N)=O. The van der Waals surface area contributed by atoms with Gasteiger partial charge in [-0.25, -0.2) is 0 Å². The van der Waals surface area contributed by atoms with Crippen LogP contribution in [0.4, 0.5) is 0 Å². The molecule has 0 spiro atoms. The van der Waals surface area contributed by atoms with Crippen LogP contribution in [0.25, 0.3) is 0 Å². The van der Waals surface area contributed by atoms with Crippen molar-refractivity contribution >= 4 is 5.91 Å². The van der Waals surface area contributed by atoms with E-state index in [9.17, 15) is 4.79 Å². The first kappa shape index (κ1) is 19.5. The summed E-state index contributed by atoms with van der Waals surface area (Å²) in [5, 5.41) is 0. The molecule has 120 valence electrons. The second-order valence-corrected chi connectivity index (χ2v) is 6.37. The lowest BCUT2D eigenvalue weighted by Gasteiger charge is -2.31. The number of unbranched alkanes of at least 4 members (excludes halogenated alkanes) is 7. The van der Waals surface area contributed by atoms with Gasteiger partial charge in [0.15, 0.2) is 0 Å². The first-order valence-electron chi connectivity index (χ1n) is 8.92. The molecule has 1 amide bonds. The molecular formula is C18H37NO. The normalized spacial score (nSPS) is 11.8. The third-order valence-corrected chi connectivity index (χ3v) is 4.55. The lowest BCUT2D eigenvalue weighted by molar-refractivity contribution is -0.129. The van der Waals surface area contributed by atoms with Gasteiger partial charge in [-0.05, 0) is 19.3 Å². The number of hydrogen-bond donors (Lipinski definition) is 1. The Morgan fingerprint density at radius 3 is 1.55 bits per heavy atom. The molecule has 0 aliphatic rings. The van der Waals surface area contributed by atoms with E-state index in [1.807, 2.05) is 0 Å². The monoisotopic (exact) mass is 283 g/mol. The molecule has 0 saturated carbocycles. The van der Waals surface area contributed by atoms with Gasteiger partial charge in [0, 0.05) is 5.41 Å². The maximum atomic E-state index is 12.0. The highest BCUT2D eigenvalue weighted by Crippen LogP contribution is 2.36. The number of amides is 1. The van der Waals surface area contributed by atoms with Crippen molar-refractivity contribution < 1.29 is 4.79 Å². The van der Waals surface area contributed by atoms with Crippen LogP contribution in [0.15, 0.2) is 0 Å². The van der Waals surface area contributed by atoms with Crippen molar-refractivity contribution in [3.63, 3.8) is 0 Å². The fourth-order valence-corrected chi connectivity index (χ4v) is 3.02. The first-order chi connectivity index (χ1) is 9.63. The highest BCUT2D eigenvalue weighted by atomic mass is 16.1. The lowest BCUT2D eigenvalue weighted by Crippen LogP contribution is -2.37. The third kappa shape index (κ3) is 7.91. The number of carbonyl (C=O) groups is 1. The Morgan fingerprint density at radius 1 is 0.700 bits per heavy atom. The first-order valence-corrected chi connectivity index (χ1v) is 8.92. The molecule has 0 atom stereocenters. The molecule has 0 aromatic carbocycles. The fraction of sp³-hybridized carbons (Fsp3) is 0.944. The molecule has 0 aromatic rings. The van der Waals surface area contributed by atoms with Crippen molar-refractivity contribution in [3.05, 3.63) is 0 Å². The zero-order valence-corrected chi connectivity index (χ0v) is 14.2. The summed E-state index contributed by atoms with van der Waals surface area (Å²) in [4.78, 5) is 12.0. The second-order valence-electron chi connectivity index (χ2n) is 6.37. The van der Waals surface area contributed by atoms with Crippen LogP contribution < -0.4 is 5.73 Å². The predicted molar refractivity (Wildman–Crippen MR) is 88.7 cm³/mol. The van der Waals surface area contributed by atoms with Crippen molar-refractivity contribution in [1.29, 1.82) is 0 Å². The van der Waals surface area contributed by atoms with Crippen LogP contribution >= 0.6 is 0 Å². The van der Waals surface area contributed by atoms with Crippen molar-refractivity contribution in [3.8, 4) is 0 Å². The van der Waals surface area contributed by atoms with Crippen LogP contribution in [0, 0.1) is 5.41 Å². The predicted octanol–water partition coefficient (Wildman–Crippen LogP) is 5.59. The molecule has 2 nitrogen and oxygen atoms in total. The third-order valence-electron chi connectivity index (χ3n) is 4.55. The summed E-state index contributed by atoms with van der Waals surface area (Å²) in [5.74, 6) is -0.0482. The molecule has 0 aliphatic heterocycles. The molecule has 0 unspecified atom stereocenters. The Labute approximate surface area is 126 Å². The highest BCUT2D eigenvalue weighted by molar-refractivity contribution is 5.80. The van der Waals surface area contributed by atoms with Gasteiger partial charge < -0.3 is 5.73 Å². The molecule has 0 bridgehead atoms. The Kier molecular flexibility index (Phi) is 11.9. The van der Waals surface area contributed by atoms with Gasteiger partial charge in [-0.1, -0.05) is 85.0 Å². The molecule has 0 radical (unpaired) electrons. The Balaban J connectivity index is 4.29. The summed E-state index contributed by atoms with van der Waals surface area (Å²) in [6.45, 7) is 6.63. The van der Waals surface area contributed by atoms with E-state index in [1.54, 1.807) is 0 Å². The fourth-order valence-electron chi connectivity index (χ4n) is 3.02. The number of carbonyl (C=O) groups excluding carboxylic acids is 1. The van der Waals surface area contributed by atoms with Gasteiger partial charge >= 0.3 is 0 Å². The zero-order valence-electron chi connectivity index (χ0n) is 14.2. The lowest BCUT2D eigenvalue weighted by atomic mass is 9.73. The van der Waals surface area contributed by atoms with E-state index in [2.05, 4.69) is 20.8 Å². The minimum Gasteiger partial charge on any atom is -0.369 e. The summed E-state index contributed by atoms with van der Waals surface area (Å²) in [5.41, 5.74) is 5.57. The van der Waals surface area contributed by atoms with E-state index >= 15 is 0 Å². The summed E-state index contributed by atoms with van der Waals surface area (Å²) in [6.07, 6.45) is 15.3. The molecule has 2 N–H and O–H groups in total. The average molecular weight is 283 g/mol. The Bertz CT molecular complexity index is 230. The maximum Gasteiger partial charge on any atom is 0.223 e. The molecule has 0 aliphatic carbocycles. The summed E-state index contributed by atoms with van der Waals surface area (Å²) in [6, 6.07) is 0. The van der Waals surface area contributed by atoms with Crippen LogP contribution in [-0.2, 0) is 4.79 Å². The van der Waals surface area contributed by atoms with E-state index in [1.165, 1.54) is 38.5 Å². The number of primary amides is 1. The summed E-state index contributed by atoms with van der Waals surface area (Å²) >= 11 is 0. The van der Waals surface area contributed by atoms with E-state index < -0.39 is 0 Å². The minimum atomic E-state index is -0.212. The Hall–Kier alpha value is -0.530. The van der Waals surface area contributed by atoms with Crippen LogP contribution in [-0.4, -0.2) is 5.91 Å². The summed E-state index contributed by atoms with van der Waals surface area (Å²) in [7, 11) is 0. The number of hydrogen-bond acceptors (Lipinski definition) is 1. The van der Waals surface area contributed by atoms with Gasteiger partial charge in [0.1, 0.15) is 0 Å². The van der Waals surface area contributed by atoms with Gasteiger partial charge in [0.2, 0.25) is 5.91 Å². The average Bonchev–Trinajstić information content (AvgIpc) is 2.44. The quantitative estimate of drug-likeness (QED) is 0.415. The number of rotatable bonds is 14. The van der Waals surface area contributed by atoms with Crippen LogP contribution in [0.5, 0.6) is 0 Å². The van der Waals surface area contributed by atoms with Gasteiger partial charge in [0.05, 0.1) is 0 Å². The van der Waals surface area contributed by atoms with Crippen molar-refractivity contribution in [2.24, 2.45) is 11.1 Å². The van der Waals surface area contributed by atoms with Gasteiger partial charge in [0.25, 0.3) is 0 Å².